The quantitative estimate of drug-likeness (QED) is 0.802. The lowest BCUT2D eigenvalue weighted by molar-refractivity contribution is -0.117. The first-order valence-electron chi connectivity index (χ1n) is 6.00. The molecule has 0 aliphatic rings. The van der Waals surface area contributed by atoms with Crippen LogP contribution < -0.4 is 10.2 Å². The fourth-order valence-corrected chi connectivity index (χ4v) is 1.76. The number of hydrogen-bond donors (Lipinski definition) is 2. The molecule has 9 heteroatoms. The van der Waals surface area contributed by atoms with Gasteiger partial charge < -0.3 is 4.74 Å². The number of aryl methyl sites for hydroxylation is 1. The molecule has 6 nitrogen and oxygen atoms in total. The molecule has 21 heavy (non-hydrogen) atoms. The number of carbonyl (C=O) groups excluding carboxylic acids is 1. The average Bonchev–Trinajstić information content (AvgIpc) is 2.83. The second kappa shape index (κ2) is 6.93. The summed E-state index contributed by atoms with van der Waals surface area (Å²) in [6.45, 7) is -2.85. The minimum atomic E-state index is -2.85. The maximum Gasteiger partial charge on any atom is 0.387 e. The molecular weight excluding hydrogens is 302 g/mol. The third-order valence-corrected chi connectivity index (χ3v) is 2.87. The van der Waals surface area contributed by atoms with Crippen molar-refractivity contribution in [3.8, 4) is 5.75 Å². The van der Waals surface area contributed by atoms with E-state index in [2.05, 4.69) is 20.4 Å². The van der Waals surface area contributed by atoms with Crippen LogP contribution in [-0.2, 0) is 11.2 Å². The summed E-state index contributed by atoms with van der Waals surface area (Å²) in [5.41, 5.74) is 3.39. The van der Waals surface area contributed by atoms with E-state index in [9.17, 15) is 13.6 Å². The molecule has 1 aromatic heterocycles. The van der Waals surface area contributed by atoms with E-state index in [0.29, 0.717) is 6.42 Å². The molecule has 2 aromatic rings. The largest absolute Gasteiger partial charge is 0.435 e. The predicted molar refractivity (Wildman–Crippen MR) is 73.2 cm³/mol. The summed E-state index contributed by atoms with van der Waals surface area (Å²) in [5.74, 6) is -0.150. The Morgan fingerprint density at radius 2 is 2.14 bits per heavy atom. The van der Waals surface area contributed by atoms with Crippen LogP contribution in [0.15, 0.2) is 30.6 Å². The molecule has 1 aromatic carbocycles. The number of rotatable bonds is 6. The molecule has 0 fully saturated rings. The number of nitrogens with one attached hydrogen (secondary N) is 2. The van der Waals surface area contributed by atoms with Crippen LogP contribution in [0.4, 0.5) is 8.78 Å². The smallest absolute Gasteiger partial charge is 0.387 e. The number of H-pyrrole nitrogens is 1. The SMILES string of the molecule is O=C(CCc1ccc(OC(F)F)cc1)Nn1cn[nH]c1=S. The summed E-state index contributed by atoms with van der Waals surface area (Å²) in [7, 11) is 0. The van der Waals surface area contributed by atoms with E-state index in [4.69, 9.17) is 12.2 Å². The zero-order valence-electron chi connectivity index (χ0n) is 10.8. The van der Waals surface area contributed by atoms with Crippen LogP contribution in [0, 0.1) is 4.77 Å². The molecule has 2 N–H and O–H groups in total. The van der Waals surface area contributed by atoms with Gasteiger partial charge in [-0.05, 0) is 36.3 Å². The Morgan fingerprint density at radius 3 is 2.71 bits per heavy atom. The molecule has 0 saturated heterocycles. The number of halogens is 2. The van der Waals surface area contributed by atoms with Gasteiger partial charge in [-0.2, -0.15) is 13.9 Å². The van der Waals surface area contributed by atoms with Crippen molar-refractivity contribution in [3.05, 3.63) is 40.9 Å². The summed E-state index contributed by atoms with van der Waals surface area (Å²) in [4.78, 5) is 11.7. The molecular formula is C12H12F2N4O2S. The summed E-state index contributed by atoms with van der Waals surface area (Å²) < 4.78 is 29.8. The number of benzene rings is 1. The molecule has 1 heterocycles. The van der Waals surface area contributed by atoms with Crippen LogP contribution in [0.5, 0.6) is 5.75 Å². The monoisotopic (exact) mass is 314 g/mol. The van der Waals surface area contributed by atoms with Crippen molar-refractivity contribution in [2.45, 2.75) is 19.5 Å². The highest BCUT2D eigenvalue weighted by Crippen LogP contribution is 2.15. The maximum absolute atomic E-state index is 12.0. The van der Waals surface area contributed by atoms with E-state index in [1.54, 1.807) is 12.1 Å². The Bertz CT molecular complexity index is 654. The van der Waals surface area contributed by atoms with Gasteiger partial charge in [0.15, 0.2) is 0 Å². The first kappa shape index (κ1) is 15.1. The van der Waals surface area contributed by atoms with E-state index in [1.165, 1.54) is 23.1 Å². The van der Waals surface area contributed by atoms with Gasteiger partial charge in [0.1, 0.15) is 12.1 Å². The summed E-state index contributed by atoms with van der Waals surface area (Å²) in [5, 5.41) is 6.18. The van der Waals surface area contributed by atoms with E-state index in [1.807, 2.05) is 0 Å². The van der Waals surface area contributed by atoms with E-state index in [-0.39, 0.29) is 22.8 Å². The van der Waals surface area contributed by atoms with Crippen molar-refractivity contribution in [1.82, 2.24) is 14.9 Å². The first-order chi connectivity index (χ1) is 10.0. The number of aromatic amines is 1. The molecule has 112 valence electrons. The van der Waals surface area contributed by atoms with Gasteiger partial charge >= 0.3 is 6.61 Å². The average molecular weight is 314 g/mol. The molecule has 0 aliphatic heterocycles. The van der Waals surface area contributed by atoms with Gasteiger partial charge in [0, 0.05) is 6.42 Å². The van der Waals surface area contributed by atoms with Gasteiger partial charge in [0.05, 0.1) is 0 Å². The molecule has 0 bridgehead atoms. The lowest BCUT2D eigenvalue weighted by Crippen LogP contribution is -2.22. The number of amides is 1. The first-order valence-corrected chi connectivity index (χ1v) is 6.41. The van der Waals surface area contributed by atoms with E-state index < -0.39 is 6.61 Å². The Labute approximate surface area is 123 Å². The molecule has 0 saturated carbocycles. The second-order valence-electron chi connectivity index (χ2n) is 4.09. The van der Waals surface area contributed by atoms with Gasteiger partial charge in [-0.1, -0.05) is 12.1 Å². The Balaban J connectivity index is 1.84. The zero-order chi connectivity index (χ0) is 15.2. The van der Waals surface area contributed by atoms with Crippen molar-refractivity contribution < 1.29 is 18.3 Å². The minimum Gasteiger partial charge on any atom is -0.435 e. The standard InChI is InChI=1S/C12H12F2N4O2S/c13-11(14)20-9-4-1-8(2-5-9)3-6-10(19)17-18-7-15-16-12(18)21/h1-2,4-5,7,11H,3,6H2,(H,16,21)(H,17,19). The highest BCUT2D eigenvalue weighted by atomic mass is 32.1. The zero-order valence-corrected chi connectivity index (χ0v) is 11.6. The number of aromatic nitrogens is 3. The molecule has 0 radical (unpaired) electrons. The second-order valence-corrected chi connectivity index (χ2v) is 4.48. The lowest BCUT2D eigenvalue weighted by Gasteiger charge is -2.06. The summed E-state index contributed by atoms with van der Waals surface area (Å²) >= 11 is 4.89. The number of ether oxygens (including phenoxy) is 1. The molecule has 1 amide bonds. The fourth-order valence-electron chi connectivity index (χ4n) is 1.61. The Hall–Kier alpha value is -2.29. The summed E-state index contributed by atoms with van der Waals surface area (Å²) in [6, 6.07) is 6.14. The van der Waals surface area contributed by atoms with Gasteiger partial charge in [0.25, 0.3) is 0 Å². The van der Waals surface area contributed by atoms with Crippen LogP contribution in [0.1, 0.15) is 12.0 Å². The van der Waals surface area contributed by atoms with Crippen LogP contribution in [0.25, 0.3) is 0 Å². The Kier molecular flexibility index (Phi) is 4.99. The molecule has 2 rings (SSSR count). The van der Waals surface area contributed by atoms with Crippen molar-refractivity contribution in [1.29, 1.82) is 0 Å². The number of alkyl halides is 2. The highest BCUT2D eigenvalue weighted by molar-refractivity contribution is 7.71. The van der Waals surface area contributed by atoms with Crippen molar-refractivity contribution >= 4 is 18.1 Å². The number of carbonyl (C=O) groups is 1. The molecule has 0 aliphatic carbocycles. The fraction of sp³-hybridized carbons (Fsp3) is 0.250. The molecule has 0 unspecified atom stereocenters. The third-order valence-electron chi connectivity index (χ3n) is 2.59. The van der Waals surface area contributed by atoms with Crippen molar-refractivity contribution in [2.24, 2.45) is 0 Å². The number of nitrogens with zero attached hydrogens (tertiary/aromatic N) is 2. The van der Waals surface area contributed by atoms with Crippen LogP contribution in [0.2, 0.25) is 0 Å². The van der Waals surface area contributed by atoms with Crippen molar-refractivity contribution in [2.75, 3.05) is 5.43 Å². The van der Waals surface area contributed by atoms with E-state index in [0.717, 1.165) is 5.56 Å². The molecule has 0 spiro atoms. The minimum absolute atomic E-state index is 0.0860. The summed E-state index contributed by atoms with van der Waals surface area (Å²) in [6.07, 6.45) is 2.05. The van der Waals surface area contributed by atoms with Crippen LogP contribution >= 0.6 is 12.2 Å². The highest BCUT2D eigenvalue weighted by Gasteiger charge is 2.06. The van der Waals surface area contributed by atoms with Gasteiger partial charge in [0.2, 0.25) is 10.7 Å². The normalized spacial score (nSPS) is 10.6. The lowest BCUT2D eigenvalue weighted by atomic mass is 10.1. The van der Waals surface area contributed by atoms with Gasteiger partial charge in [-0.3, -0.25) is 15.3 Å². The van der Waals surface area contributed by atoms with Crippen LogP contribution in [0.3, 0.4) is 0 Å². The topological polar surface area (TPSA) is 71.9 Å². The third kappa shape index (κ3) is 4.63. The predicted octanol–water partition coefficient (Wildman–Crippen LogP) is 2.24. The van der Waals surface area contributed by atoms with Crippen molar-refractivity contribution in [3.63, 3.8) is 0 Å². The van der Waals surface area contributed by atoms with E-state index >= 15 is 0 Å². The van der Waals surface area contributed by atoms with Gasteiger partial charge in [-0.15, -0.1) is 0 Å². The van der Waals surface area contributed by atoms with Gasteiger partial charge in [-0.25, -0.2) is 4.68 Å². The maximum atomic E-state index is 12.0. The Morgan fingerprint density at radius 1 is 1.43 bits per heavy atom. The van der Waals surface area contributed by atoms with Crippen LogP contribution in [-0.4, -0.2) is 27.4 Å². The number of hydrogen-bond acceptors (Lipinski definition) is 4. The molecule has 0 atom stereocenters.